The number of H-pyrrole nitrogens is 2. The van der Waals surface area contributed by atoms with Crippen LogP contribution in [0.2, 0.25) is 5.15 Å². The third-order valence-corrected chi connectivity index (χ3v) is 2.37. The Hall–Kier alpha value is -1.01. The van der Waals surface area contributed by atoms with Gasteiger partial charge in [-0.15, -0.1) is 0 Å². The van der Waals surface area contributed by atoms with E-state index >= 15 is 0 Å². The molecule has 0 aromatic carbocycles. The predicted octanol–water partition coefficient (Wildman–Crippen LogP) is 1.02. The molecule has 0 unspecified atom stereocenters. The second kappa shape index (κ2) is 3.04. The van der Waals surface area contributed by atoms with Gasteiger partial charge < -0.3 is 0 Å². The van der Waals surface area contributed by atoms with Crippen LogP contribution in [0.15, 0.2) is 9.95 Å². The number of aromatic amines is 2. The summed E-state index contributed by atoms with van der Waals surface area (Å²) in [7, 11) is 0. The summed E-state index contributed by atoms with van der Waals surface area (Å²) in [5.74, 6) is 0. The number of thioether (sulfide) groups is 1. The molecule has 2 aromatic rings. The molecule has 5 nitrogen and oxygen atoms in total. The number of nitrogens with zero attached hydrogens (tertiary/aromatic N) is 2. The van der Waals surface area contributed by atoms with E-state index in [0.717, 1.165) is 0 Å². The molecular formula is C6H5ClN4OS. The number of fused-ring (bicyclic) bond motifs is 1. The van der Waals surface area contributed by atoms with Crippen LogP contribution in [-0.4, -0.2) is 26.4 Å². The van der Waals surface area contributed by atoms with E-state index in [1.54, 1.807) is 0 Å². The minimum atomic E-state index is -0.298. The van der Waals surface area contributed by atoms with Gasteiger partial charge in [-0.1, -0.05) is 23.4 Å². The van der Waals surface area contributed by atoms with Crippen LogP contribution >= 0.6 is 23.4 Å². The van der Waals surface area contributed by atoms with Crippen LogP contribution in [0.1, 0.15) is 0 Å². The summed E-state index contributed by atoms with van der Waals surface area (Å²) >= 11 is 7.15. The topological polar surface area (TPSA) is 74.4 Å². The normalized spacial score (nSPS) is 10.9. The first-order chi connectivity index (χ1) is 6.22. The van der Waals surface area contributed by atoms with Gasteiger partial charge in [0.25, 0.3) is 5.56 Å². The summed E-state index contributed by atoms with van der Waals surface area (Å²) < 4.78 is 0. The van der Waals surface area contributed by atoms with Gasteiger partial charge in [0, 0.05) is 0 Å². The van der Waals surface area contributed by atoms with Crippen LogP contribution < -0.4 is 5.56 Å². The lowest BCUT2D eigenvalue weighted by atomic mass is 10.4. The molecule has 0 radical (unpaired) electrons. The summed E-state index contributed by atoms with van der Waals surface area (Å²) in [5, 5.41) is 6.03. The van der Waals surface area contributed by atoms with E-state index in [9.17, 15) is 4.79 Å². The zero-order valence-corrected chi connectivity index (χ0v) is 8.16. The molecule has 7 heteroatoms. The van der Waals surface area contributed by atoms with Crippen molar-refractivity contribution in [2.24, 2.45) is 0 Å². The molecule has 2 N–H and O–H groups in total. The first kappa shape index (κ1) is 8.58. The van der Waals surface area contributed by atoms with Crippen molar-refractivity contribution in [3.8, 4) is 0 Å². The molecule has 0 aliphatic rings. The van der Waals surface area contributed by atoms with E-state index < -0.39 is 0 Å². The van der Waals surface area contributed by atoms with Crippen LogP contribution in [0.3, 0.4) is 0 Å². The molecule has 68 valence electrons. The van der Waals surface area contributed by atoms with Gasteiger partial charge in [-0.3, -0.25) is 15.0 Å². The zero-order chi connectivity index (χ0) is 9.42. The van der Waals surface area contributed by atoms with Gasteiger partial charge in [0.05, 0.1) is 0 Å². The van der Waals surface area contributed by atoms with Crippen LogP contribution in [0.25, 0.3) is 11.0 Å². The minimum Gasteiger partial charge on any atom is -0.281 e. The van der Waals surface area contributed by atoms with Crippen LogP contribution in [-0.2, 0) is 0 Å². The lowest BCUT2D eigenvalue weighted by molar-refractivity contribution is 0.983. The number of hydrogen-bond donors (Lipinski definition) is 2. The van der Waals surface area contributed by atoms with Crippen molar-refractivity contribution in [2.75, 3.05) is 6.26 Å². The fraction of sp³-hybridized carbons (Fsp3) is 0.167. The zero-order valence-electron chi connectivity index (χ0n) is 6.59. The number of halogens is 1. The Morgan fingerprint density at radius 1 is 1.38 bits per heavy atom. The van der Waals surface area contributed by atoms with E-state index in [2.05, 4.69) is 20.2 Å². The predicted molar refractivity (Wildman–Crippen MR) is 51.3 cm³/mol. The third kappa shape index (κ3) is 1.31. The molecule has 0 aliphatic carbocycles. The molecule has 0 saturated heterocycles. The maximum absolute atomic E-state index is 11.1. The molecule has 0 spiro atoms. The molecule has 0 bridgehead atoms. The van der Waals surface area contributed by atoms with Gasteiger partial charge in [0.15, 0.2) is 10.8 Å². The standard InChI is InChI=1S/C6H5ClN4OS/c1-13-6-8-3(7)2-4(9-6)10-11-5(2)12/h1H3,(H2,8,9,10,11,12). The Kier molecular flexibility index (Phi) is 2.01. The fourth-order valence-corrected chi connectivity index (χ4v) is 1.65. The molecule has 2 aromatic heterocycles. The van der Waals surface area contributed by atoms with Crippen molar-refractivity contribution in [1.29, 1.82) is 0 Å². The van der Waals surface area contributed by atoms with Crippen LogP contribution in [0, 0.1) is 0 Å². The summed E-state index contributed by atoms with van der Waals surface area (Å²) in [6, 6.07) is 0. The van der Waals surface area contributed by atoms with Crippen LogP contribution in [0.5, 0.6) is 0 Å². The summed E-state index contributed by atoms with van der Waals surface area (Å²) in [4.78, 5) is 19.1. The van der Waals surface area contributed by atoms with Crippen molar-refractivity contribution < 1.29 is 0 Å². The lowest BCUT2D eigenvalue weighted by Crippen LogP contribution is -1.99. The van der Waals surface area contributed by atoms with Gasteiger partial charge in [-0.05, 0) is 6.26 Å². The second-order valence-corrected chi connectivity index (χ2v) is 3.44. The molecule has 0 saturated carbocycles. The van der Waals surface area contributed by atoms with Gasteiger partial charge in [-0.25, -0.2) is 9.97 Å². The van der Waals surface area contributed by atoms with E-state index in [4.69, 9.17) is 11.6 Å². The highest BCUT2D eigenvalue weighted by atomic mass is 35.5. The maximum Gasteiger partial charge on any atom is 0.276 e. The van der Waals surface area contributed by atoms with E-state index in [0.29, 0.717) is 16.2 Å². The fourth-order valence-electron chi connectivity index (χ4n) is 0.976. The molecule has 13 heavy (non-hydrogen) atoms. The Morgan fingerprint density at radius 3 is 2.85 bits per heavy atom. The molecule has 0 aliphatic heterocycles. The van der Waals surface area contributed by atoms with Crippen LogP contribution in [0.4, 0.5) is 0 Å². The highest BCUT2D eigenvalue weighted by Crippen LogP contribution is 2.18. The van der Waals surface area contributed by atoms with Gasteiger partial charge in [-0.2, -0.15) is 0 Å². The summed E-state index contributed by atoms with van der Waals surface area (Å²) in [6.45, 7) is 0. The molecule has 2 rings (SSSR count). The smallest absolute Gasteiger partial charge is 0.276 e. The maximum atomic E-state index is 11.1. The molecule has 2 heterocycles. The first-order valence-electron chi connectivity index (χ1n) is 3.40. The van der Waals surface area contributed by atoms with Gasteiger partial charge in [0.2, 0.25) is 0 Å². The highest BCUT2D eigenvalue weighted by molar-refractivity contribution is 7.98. The van der Waals surface area contributed by atoms with Crippen molar-refractivity contribution in [3.05, 3.63) is 15.5 Å². The van der Waals surface area contributed by atoms with Gasteiger partial charge in [0.1, 0.15) is 10.5 Å². The number of hydrogen-bond acceptors (Lipinski definition) is 4. The summed E-state index contributed by atoms with van der Waals surface area (Å²) in [6.07, 6.45) is 1.84. The number of aromatic nitrogens is 4. The Labute approximate surface area is 81.9 Å². The lowest BCUT2D eigenvalue weighted by Gasteiger charge is -1.94. The molecule has 0 atom stereocenters. The van der Waals surface area contributed by atoms with E-state index in [1.807, 2.05) is 6.26 Å². The Morgan fingerprint density at radius 2 is 2.15 bits per heavy atom. The quantitative estimate of drug-likeness (QED) is 0.424. The second-order valence-electron chi connectivity index (χ2n) is 2.30. The molecular weight excluding hydrogens is 212 g/mol. The Balaban J connectivity index is 2.87. The average Bonchev–Trinajstić information content (AvgIpc) is 2.48. The monoisotopic (exact) mass is 216 g/mol. The minimum absolute atomic E-state index is 0.178. The summed E-state index contributed by atoms with van der Waals surface area (Å²) in [5.41, 5.74) is 0.141. The first-order valence-corrected chi connectivity index (χ1v) is 5.00. The molecule has 0 fully saturated rings. The van der Waals surface area contributed by atoms with Crippen molar-refractivity contribution in [2.45, 2.75) is 5.16 Å². The average molecular weight is 217 g/mol. The number of nitrogens with one attached hydrogen (secondary N) is 2. The van der Waals surface area contributed by atoms with E-state index in [1.165, 1.54) is 11.8 Å². The molecule has 0 amide bonds. The van der Waals surface area contributed by atoms with Crippen molar-refractivity contribution in [1.82, 2.24) is 20.2 Å². The highest BCUT2D eigenvalue weighted by Gasteiger charge is 2.09. The third-order valence-electron chi connectivity index (χ3n) is 1.55. The largest absolute Gasteiger partial charge is 0.281 e. The number of rotatable bonds is 1. The van der Waals surface area contributed by atoms with E-state index in [-0.39, 0.29) is 10.7 Å². The van der Waals surface area contributed by atoms with Crippen molar-refractivity contribution in [3.63, 3.8) is 0 Å². The SMILES string of the molecule is CSc1nc(Cl)c2c(=O)[nH][nH]c2n1. The van der Waals surface area contributed by atoms with Gasteiger partial charge >= 0.3 is 0 Å². The Bertz CT molecular complexity index is 505. The van der Waals surface area contributed by atoms with Crippen molar-refractivity contribution >= 4 is 34.4 Å².